The predicted molar refractivity (Wildman–Crippen MR) is 127 cm³/mol. The average molecular weight is 518 g/mol. The molecule has 6 nitrogen and oxygen atoms in total. The molecule has 0 radical (unpaired) electrons. The van der Waals surface area contributed by atoms with Crippen LogP contribution in [0.1, 0.15) is 15.9 Å². The topological polar surface area (TPSA) is 72.8 Å². The Bertz CT molecular complexity index is 1420. The quantitative estimate of drug-likeness (QED) is 0.164. The van der Waals surface area contributed by atoms with Crippen LogP contribution in [-0.4, -0.2) is 30.3 Å². The first kappa shape index (κ1) is 24.9. The summed E-state index contributed by atoms with van der Waals surface area (Å²) in [7, 11) is 0. The summed E-state index contributed by atoms with van der Waals surface area (Å²) >= 11 is 5.96. The molecule has 0 aliphatic heterocycles. The number of carbonyl (C=O) groups is 1. The third-order valence-corrected chi connectivity index (χ3v) is 5.15. The number of carbonyl (C=O) groups excluding carboxylic acids is 1. The minimum atomic E-state index is -3.22. The van der Waals surface area contributed by atoms with Gasteiger partial charge in [0.1, 0.15) is 11.5 Å². The van der Waals surface area contributed by atoms with E-state index >= 15 is 0 Å². The highest BCUT2D eigenvalue weighted by Gasteiger charge is 2.15. The van der Waals surface area contributed by atoms with Gasteiger partial charge in [-0.25, -0.2) is 10.4 Å². The Labute approximate surface area is 207 Å². The number of hydrogen-bond donors (Lipinski definition) is 1. The van der Waals surface area contributed by atoms with E-state index in [0.29, 0.717) is 21.6 Å². The number of rotatable bonds is 8. The number of hydrogen-bond acceptors (Lipinski definition) is 5. The number of aromatic nitrogens is 1. The number of fused-ring (bicyclic) bond motifs is 1. The Kier molecular flexibility index (Phi) is 7.65. The molecule has 1 N–H and O–H groups in total. The molecule has 36 heavy (non-hydrogen) atoms. The van der Waals surface area contributed by atoms with Crippen LogP contribution in [0, 0.1) is 0 Å². The van der Waals surface area contributed by atoms with Crippen molar-refractivity contribution in [1.29, 1.82) is 0 Å². The molecule has 1 amide bonds. The molecule has 184 valence electrons. The third-order valence-electron chi connectivity index (χ3n) is 4.90. The second kappa shape index (κ2) is 11.0. The van der Waals surface area contributed by atoms with Crippen molar-refractivity contribution >= 4 is 34.6 Å². The van der Waals surface area contributed by atoms with Crippen LogP contribution in [0.3, 0.4) is 0 Å². The van der Waals surface area contributed by atoms with E-state index in [0.717, 1.165) is 23.9 Å². The van der Waals surface area contributed by atoms with E-state index in [-0.39, 0.29) is 16.9 Å². The van der Waals surface area contributed by atoms with Gasteiger partial charge in [-0.05, 0) is 36.4 Å². The van der Waals surface area contributed by atoms with Gasteiger partial charge in [-0.1, -0.05) is 41.9 Å². The van der Waals surface area contributed by atoms with Crippen molar-refractivity contribution in [3.8, 4) is 22.8 Å². The normalized spacial score (nSPS) is 11.4. The summed E-state index contributed by atoms with van der Waals surface area (Å²) in [6, 6.07) is 18.7. The van der Waals surface area contributed by atoms with Crippen LogP contribution in [0.5, 0.6) is 11.5 Å². The zero-order chi connectivity index (χ0) is 25.7. The molecular formula is C25H16ClF4N3O3. The minimum Gasteiger partial charge on any atom is -0.435 e. The largest absolute Gasteiger partial charge is 0.435 e. The Morgan fingerprint density at radius 2 is 1.67 bits per heavy atom. The van der Waals surface area contributed by atoms with E-state index in [1.54, 1.807) is 54.6 Å². The van der Waals surface area contributed by atoms with E-state index in [9.17, 15) is 22.4 Å². The molecule has 11 heteroatoms. The van der Waals surface area contributed by atoms with Crippen LogP contribution in [0.2, 0.25) is 5.02 Å². The fourth-order valence-corrected chi connectivity index (χ4v) is 3.47. The number of hydrazone groups is 1. The molecular weight excluding hydrogens is 502 g/mol. The molecule has 0 aliphatic rings. The van der Waals surface area contributed by atoms with Crippen LogP contribution in [0.4, 0.5) is 17.6 Å². The van der Waals surface area contributed by atoms with E-state index in [1.807, 2.05) is 0 Å². The lowest BCUT2D eigenvalue weighted by atomic mass is 10.0. The maximum Gasteiger partial charge on any atom is 0.387 e. The molecule has 0 atom stereocenters. The fraction of sp³-hybridized carbons (Fsp3) is 0.0800. The van der Waals surface area contributed by atoms with Crippen molar-refractivity contribution in [2.24, 2.45) is 5.10 Å². The summed E-state index contributed by atoms with van der Waals surface area (Å²) in [5.41, 5.74) is 4.45. The van der Waals surface area contributed by atoms with E-state index in [2.05, 4.69) is 25.0 Å². The second-order valence-electron chi connectivity index (χ2n) is 7.23. The number of amides is 1. The van der Waals surface area contributed by atoms with Gasteiger partial charge in [0, 0.05) is 27.6 Å². The van der Waals surface area contributed by atoms with Crippen LogP contribution in [0.15, 0.2) is 77.9 Å². The molecule has 1 aromatic heterocycles. The molecule has 0 fully saturated rings. The van der Waals surface area contributed by atoms with Crippen LogP contribution < -0.4 is 14.9 Å². The number of pyridine rings is 1. The maximum absolute atomic E-state index is 13.0. The summed E-state index contributed by atoms with van der Waals surface area (Å²) in [5.74, 6) is -1.42. The van der Waals surface area contributed by atoms with Crippen molar-refractivity contribution in [2.45, 2.75) is 13.2 Å². The number of nitrogens with one attached hydrogen (secondary N) is 1. The number of benzene rings is 3. The lowest BCUT2D eigenvalue weighted by molar-refractivity contribution is -0.0543. The van der Waals surface area contributed by atoms with Crippen molar-refractivity contribution < 1.29 is 31.8 Å². The zero-order valence-electron chi connectivity index (χ0n) is 18.2. The summed E-state index contributed by atoms with van der Waals surface area (Å²) < 4.78 is 59.0. The van der Waals surface area contributed by atoms with Gasteiger partial charge < -0.3 is 9.47 Å². The van der Waals surface area contributed by atoms with Crippen molar-refractivity contribution in [3.63, 3.8) is 0 Å². The summed E-state index contributed by atoms with van der Waals surface area (Å²) in [6.45, 7) is -6.36. The van der Waals surface area contributed by atoms with Gasteiger partial charge in [0.25, 0.3) is 5.91 Å². The number of nitrogens with zero attached hydrogens (tertiary/aromatic N) is 2. The molecule has 4 aromatic rings. The molecule has 0 saturated carbocycles. The first-order valence-corrected chi connectivity index (χ1v) is 10.7. The van der Waals surface area contributed by atoms with E-state index in [4.69, 9.17) is 11.6 Å². The SMILES string of the molecule is O=C(N/N=C\c1ccc(OC(F)F)cc1OC(F)F)c1cc(-c2ccc(Cl)cc2)nc2ccccc12. The monoisotopic (exact) mass is 517 g/mol. The highest BCUT2D eigenvalue weighted by Crippen LogP contribution is 2.27. The molecule has 0 bridgehead atoms. The standard InChI is InChI=1S/C25H16ClF4N3O3/c26-16-8-5-14(6-9-16)21-12-19(18-3-1-2-4-20(18)32-21)23(34)33-31-13-15-7-10-17(35-24(27)28)11-22(15)36-25(29)30/h1-13,24-25H,(H,33,34)/b31-13-. The minimum absolute atomic E-state index is 0.00124. The van der Waals surface area contributed by atoms with Crippen LogP contribution >= 0.6 is 11.6 Å². The Balaban J connectivity index is 1.61. The molecule has 0 aliphatic carbocycles. The molecule has 0 spiro atoms. The van der Waals surface area contributed by atoms with Gasteiger partial charge >= 0.3 is 13.2 Å². The summed E-state index contributed by atoms with van der Waals surface area (Å²) in [4.78, 5) is 17.6. The highest BCUT2D eigenvalue weighted by molar-refractivity contribution is 6.30. The second-order valence-corrected chi connectivity index (χ2v) is 7.67. The van der Waals surface area contributed by atoms with Gasteiger partial charge in [0.15, 0.2) is 0 Å². The van der Waals surface area contributed by atoms with Gasteiger partial charge in [0.05, 0.1) is 23.0 Å². The smallest absolute Gasteiger partial charge is 0.387 e. The number of para-hydroxylation sites is 1. The van der Waals surface area contributed by atoms with Gasteiger partial charge in [-0.3, -0.25) is 4.79 Å². The summed E-state index contributed by atoms with van der Waals surface area (Å²) in [5, 5.41) is 4.94. The van der Waals surface area contributed by atoms with E-state index < -0.39 is 24.9 Å². The van der Waals surface area contributed by atoms with Crippen LogP contribution in [0.25, 0.3) is 22.2 Å². The lowest BCUT2D eigenvalue weighted by Crippen LogP contribution is -2.18. The van der Waals surface area contributed by atoms with Crippen LogP contribution in [-0.2, 0) is 0 Å². The average Bonchev–Trinajstić information content (AvgIpc) is 2.84. The third kappa shape index (κ3) is 6.08. The first-order chi connectivity index (χ1) is 17.3. The fourth-order valence-electron chi connectivity index (χ4n) is 3.35. The first-order valence-electron chi connectivity index (χ1n) is 10.3. The zero-order valence-corrected chi connectivity index (χ0v) is 18.9. The molecule has 3 aromatic carbocycles. The lowest BCUT2D eigenvalue weighted by Gasteiger charge is -2.11. The Morgan fingerprint density at radius 1 is 0.944 bits per heavy atom. The van der Waals surface area contributed by atoms with Crippen molar-refractivity contribution in [3.05, 3.63) is 88.9 Å². The van der Waals surface area contributed by atoms with E-state index in [1.165, 1.54) is 6.07 Å². The molecule has 0 saturated heterocycles. The Hall–Kier alpha value is -4.18. The van der Waals surface area contributed by atoms with Crippen molar-refractivity contribution in [1.82, 2.24) is 10.4 Å². The van der Waals surface area contributed by atoms with Gasteiger partial charge in [0.2, 0.25) is 0 Å². The molecule has 4 rings (SSSR count). The number of halogens is 5. The van der Waals surface area contributed by atoms with Crippen molar-refractivity contribution in [2.75, 3.05) is 0 Å². The number of ether oxygens (including phenoxy) is 2. The summed E-state index contributed by atoms with van der Waals surface area (Å²) in [6.07, 6.45) is 1.05. The highest BCUT2D eigenvalue weighted by atomic mass is 35.5. The van der Waals surface area contributed by atoms with Gasteiger partial charge in [-0.2, -0.15) is 22.7 Å². The Morgan fingerprint density at radius 3 is 2.39 bits per heavy atom. The van der Waals surface area contributed by atoms with Gasteiger partial charge in [-0.15, -0.1) is 0 Å². The molecule has 0 unspecified atom stereocenters. The maximum atomic E-state index is 13.0. The number of alkyl halides is 4. The predicted octanol–water partition coefficient (Wildman–Crippen LogP) is 6.52. The molecule has 1 heterocycles.